The van der Waals surface area contributed by atoms with E-state index in [1.807, 2.05) is 0 Å². The SMILES string of the molecule is Nc1ccc(S(=O)(=O)Nc2ncc(Br)s2)c2ncccc12. The van der Waals surface area contributed by atoms with Crippen LogP contribution >= 0.6 is 27.3 Å². The number of halogens is 1. The second-order valence-electron chi connectivity index (χ2n) is 4.13. The molecule has 0 amide bonds. The van der Waals surface area contributed by atoms with Gasteiger partial charge in [0.15, 0.2) is 5.13 Å². The predicted octanol–water partition coefficient (Wildman–Crippen LogP) is 2.84. The maximum absolute atomic E-state index is 12.5. The molecule has 108 valence electrons. The number of hydrogen-bond acceptors (Lipinski definition) is 6. The van der Waals surface area contributed by atoms with Gasteiger partial charge in [-0.1, -0.05) is 11.3 Å². The molecule has 21 heavy (non-hydrogen) atoms. The molecule has 2 heterocycles. The minimum atomic E-state index is -3.78. The van der Waals surface area contributed by atoms with Crippen molar-refractivity contribution in [1.82, 2.24) is 9.97 Å². The minimum absolute atomic E-state index is 0.0682. The van der Waals surface area contributed by atoms with Gasteiger partial charge in [0.2, 0.25) is 0 Å². The van der Waals surface area contributed by atoms with Gasteiger partial charge in [0, 0.05) is 17.3 Å². The highest BCUT2D eigenvalue weighted by molar-refractivity contribution is 9.11. The molecule has 0 aliphatic carbocycles. The average molecular weight is 385 g/mol. The zero-order chi connectivity index (χ0) is 15.0. The van der Waals surface area contributed by atoms with E-state index in [2.05, 4.69) is 30.6 Å². The lowest BCUT2D eigenvalue weighted by Gasteiger charge is -2.09. The fraction of sp³-hybridized carbons (Fsp3) is 0. The zero-order valence-electron chi connectivity index (χ0n) is 10.4. The Morgan fingerprint density at radius 2 is 2.05 bits per heavy atom. The van der Waals surface area contributed by atoms with Gasteiger partial charge in [-0.25, -0.2) is 13.4 Å². The Bertz CT molecular complexity index is 924. The molecule has 3 rings (SSSR count). The first-order valence-corrected chi connectivity index (χ1v) is 8.84. The summed E-state index contributed by atoms with van der Waals surface area (Å²) in [6.07, 6.45) is 3.06. The van der Waals surface area contributed by atoms with Crippen LogP contribution in [0.1, 0.15) is 0 Å². The average Bonchev–Trinajstić information content (AvgIpc) is 2.83. The molecule has 0 unspecified atom stereocenters. The van der Waals surface area contributed by atoms with E-state index >= 15 is 0 Å². The number of rotatable bonds is 3. The molecule has 0 aliphatic rings. The van der Waals surface area contributed by atoms with E-state index in [4.69, 9.17) is 5.73 Å². The van der Waals surface area contributed by atoms with Gasteiger partial charge in [0.05, 0.1) is 15.5 Å². The molecule has 6 nitrogen and oxygen atoms in total. The first-order chi connectivity index (χ1) is 9.97. The number of thiazole rings is 1. The van der Waals surface area contributed by atoms with E-state index in [-0.39, 0.29) is 10.0 Å². The number of fused-ring (bicyclic) bond motifs is 1. The molecule has 0 saturated heterocycles. The quantitative estimate of drug-likeness (QED) is 0.676. The number of nitrogens with zero attached hydrogens (tertiary/aromatic N) is 2. The van der Waals surface area contributed by atoms with E-state index in [0.717, 1.165) is 3.79 Å². The molecule has 0 fully saturated rings. The number of nitrogen functional groups attached to an aromatic ring is 1. The number of benzene rings is 1. The lowest BCUT2D eigenvalue weighted by Crippen LogP contribution is -2.13. The van der Waals surface area contributed by atoms with Crippen LogP contribution in [0.15, 0.2) is 45.3 Å². The number of aromatic nitrogens is 2. The highest BCUT2D eigenvalue weighted by Gasteiger charge is 2.20. The molecule has 0 radical (unpaired) electrons. The third-order valence-electron chi connectivity index (χ3n) is 2.76. The van der Waals surface area contributed by atoms with Crippen LogP contribution in [0.5, 0.6) is 0 Å². The Balaban J connectivity index is 2.13. The van der Waals surface area contributed by atoms with Gasteiger partial charge < -0.3 is 5.73 Å². The summed E-state index contributed by atoms with van der Waals surface area (Å²) in [4.78, 5) is 8.16. The molecule has 9 heteroatoms. The van der Waals surface area contributed by atoms with E-state index in [0.29, 0.717) is 16.6 Å². The van der Waals surface area contributed by atoms with Crippen LogP contribution in [-0.2, 0) is 10.0 Å². The molecule has 0 atom stereocenters. The summed E-state index contributed by atoms with van der Waals surface area (Å²) in [7, 11) is -3.78. The molecule has 1 aromatic carbocycles. The van der Waals surface area contributed by atoms with Crippen LogP contribution < -0.4 is 10.5 Å². The van der Waals surface area contributed by atoms with E-state index in [1.165, 1.54) is 29.8 Å². The van der Waals surface area contributed by atoms with E-state index in [1.54, 1.807) is 18.2 Å². The number of sulfonamides is 1. The van der Waals surface area contributed by atoms with Crippen molar-refractivity contribution in [2.75, 3.05) is 10.5 Å². The van der Waals surface area contributed by atoms with Crippen molar-refractivity contribution in [3.8, 4) is 0 Å². The molecule has 2 aromatic heterocycles. The first-order valence-electron chi connectivity index (χ1n) is 5.75. The van der Waals surface area contributed by atoms with E-state index in [9.17, 15) is 8.42 Å². The van der Waals surface area contributed by atoms with Gasteiger partial charge in [0.25, 0.3) is 10.0 Å². The summed E-state index contributed by atoms with van der Waals surface area (Å²) in [6.45, 7) is 0. The number of nitrogens with two attached hydrogens (primary N) is 1. The Morgan fingerprint density at radius 3 is 2.76 bits per heavy atom. The van der Waals surface area contributed by atoms with Gasteiger partial charge >= 0.3 is 0 Å². The van der Waals surface area contributed by atoms with Crippen molar-refractivity contribution in [2.24, 2.45) is 0 Å². The van der Waals surface area contributed by atoms with Crippen LogP contribution in [0.2, 0.25) is 0 Å². The third-order valence-corrected chi connectivity index (χ3v) is 5.65. The topological polar surface area (TPSA) is 98.0 Å². The highest BCUT2D eigenvalue weighted by atomic mass is 79.9. The molecule has 0 saturated carbocycles. The molecule has 3 N–H and O–H groups in total. The van der Waals surface area contributed by atoms with Crippen molar-refractivity contribution < 1.29 is 8.42 Å². The van der Waals surface area contributed by atoms with Crippen LogP contribution in [0.25, 0.3) is 10.9 Å². The first kappa shape index (κ1) is 14.2. The maximum Gasteiger partial charge on any atom is 0.265 e. The van der Waals surface area contributed by atoms with Crippen molar-refractivity contribution in [2.45, 2.75) is 4.90 Å². The minimum Gasteiger partial charge on any atom is -0.398 e. The molecule has 0 spiro atoms. The van der Waals surface area contributed by atoms with Crippen LogP contribution in [0.3, 0.4) is 0 Å². The van der Waals surface area contributed by atoms with Crippen molar-refractivity contribution in [3.05, 3.63) is 40.4 Å². The Hall–Kier alpha value is -1.71. The zero-order valence-corrected chi connectivity index (χ0v) is 13.7. The summed E-state index contributed by atoms with van der Waals surface area (Å²) in [5.41, 5.74) is 6.67. The lowest BCUT2D eigenvalue weighted by molar-refractivity contribution is 0.602. The van der Waals surface area contributed by atoms with Crippen molar-refractivity contribution in [3.63, 3.8) is 0 Å². The van der Waals surface area contributed by atoms with Gasteiger partial charge in [-0.2, -0.15) is 0 Å². The summed E-state index contributed by atoms with van der Waals surface area (Å²) < 4.78 is 28.2. The maximum atomic E-state index is 12.5. The summed E-state index contributed by atoms with van der Waals surface area (Å²) >= 11 is 4.43. The second kappa shape index (κ2) is 5.24. The fourth-order valence-corrected chi connectivity index (χ4v) is 4.37. The Morgan fingerprint density at radius 1 is 1.24 bits per heavy atom. The molecule has 0 aliphatic heterocycles. The monoisotopic (exact) mass is 384 g/mol. The standard InChI is InChI=1S/C12H9BrN4O2S2/c13-10-6-16-12(20-10)17-21(18,19)9-4-3-8(14)7-2-1-5-15-11(7)9/h1-6H,14H2,(H,16,17). The number of anilines is 2. The second-order valence-corrected chi connectivity index (χ2v) is 8.19. The third kappa shape index (κ3) is 2.71. The number of hydrogen-bond donors (Lipinski definition) is 2. The lowest BCUT2D eigenvalue weighted by atomic mass is 10.2. The van der Waals surface area contributed by atoms with Crippen molar-refractivity contribution >= 4 is 59.0 Å². The summed E-state index contributed by atoms with van der Waals surface area (Å²) in [5, 5.41) is 0.878. The van der Waals surface area contributed by atoms with Gasteiger partial charge in [-0.05, 0) is 40.2 Å². The molecular formula is C12H9BrN4O2S2. The van der Waals surface area contributed by atoms with Crippen LogP contribution in [-0.4, -0.2) is 18.4 Å². The van der Waals surface area contributed by atoms with E-state index < -0.39 is 10.0 Å². The molecular weight excluding hydrogens is 376 g/mol. The van der Waals surface area contributed by atoms with Crippen molar-refractivity contribution in [1.29, 1.82) is 0 Å². The summed E-state index contributed by atoms with van der Waals surface area (Å²) in [5.74, 6) is 0. The van der Waals surface area contributed by atoms with Crippen LogP contribution in [0, 0.1) is 0 Å². The fourth-order valence-electron chi connectivity index (χ4n) is 1.86. The highest BCUT2D eigenvalue weighted by Crippen LogP contribution is 2.29. The Labute approximate surface area is 133 Å². The Kier molecular flexibility index (Phi) is 3.56. The predicted molar refractivity (Wildman–Crippen MR) is 86.8 cm³/mol. The van der Waals surface area contributed by atoms with Gasteiger partial charge in [-0.15, -0.1) is 0 Å². The molecule has 3 aromatic rings. The smallest absolute Gasteiger partial charge is 0.265 e. The van der Waals surface area contributed by atoms with Crippen LogP contribution in [0.4, 0.5) is 10.8 Å². The normalized spacial score (nSPS) is 11.7. The van der Waals surface area contributed by atoms with Gasteiger partial charge in [0.1, 0.15) is 4.90 Å². The number of nitrogens with one attached hydrogen (secondary N) is 1. The largest absolute Gasteiger partial charge is 0.398 e. The molecule has 0 bridgehead atoms. The number of pyridine rings is 1. The summed E-state index contributed by atoms with van der Waals surface area (Å²) in [6, 6.07) is 6.43. The van der Waals surface area contributed by atoms with Gasteiger partial charge in [-0.3, -0.25) is 9.71 Å².